The molecular formula is C14H16Cl2N2O. The van der Waals surface area contributed by atoms with E-state index >= 15 is 0 Å². The van der Waals surface area contributed by atoms with Crippen molar-refractivity contribution in [2.45, 2.75) is 12.3 Å². The normalized spacial score (nSPS) is 26.3. The molecule has 1 aliphatic heterocycles. The van der Waals surface area contributed by atoms with Crippen molar-refractivity contribution < 1.29 is 4.79 Å². The smallest absolute Gasteiger partial charge is 0.226 e. The molecular weight excluding hydrogens is 283 g/mol. The number of nitrogens with zero attached hydrogens (tertiary/aromatic N) is 1. The zero-order valence-corrected chi connectivity index (χ0v) is 12.0. The lowest BCUT2D eigenvalue weighted by molar-refractivity contribution is -0.133. The van der Waals surface area contributed by atoms with Crippen LogP contribution in [0.1, 0.15) is 17.9 Å². The number of halogens is 2. The van der Waals surface area contributed by atoms with Crippen molar-refractivity contribution in [3.05, 3.63) is 33.8 Å². The molecule has 1 saturated heterocycles. The zero-order valence-electron chi connectivity index (χ0n) is 10.5. The maximum atomic E-state index is 12.3. The van der Waals surface area contributed by atoms with Gasteiger partial charge in [-0.1, -0.05) is 29.3 Å². The third-order valence-electron chi connectivity index (χ3n) is 3.91. The van der Waals surface area contributed by atoms with Crippen LogP contribution in [0, 0.1) is 5.92 Å². The van der Waals surface area contributed by atoms with Crippen LogP contribution in [0.25, 0.3) is 0 Å². The number of amides is 1. The highest BCUT2D eigenvalue weighted by molar-refractivity contribution is 6.42. The molecule has 1 aliphatic carbocycles. The summed E-state index contributed by atoms with van der Waals surface area (Å²) in [7, 11) is 0. The lowest BCUT2D eigenvalue weighted by Gasteiger charge is -2.27. The number of hydrogen-bond donors (Lipinski definition) is 1. The number of rotatable bonds is 2. The molecule has 102 valence electrons. The monoisotopic (exact) mass is 298 g/mol. The molecule has 5 heteroatoms. The third kappa shape index (κ3) is 2.73. The molecule has 1 amide bonds. The van der Waals surface area contributed by atoms with Gasteiger partial charge in [-0.25, -0.2) is 0 Å². The summed E-state index contributed by atoms with van der Waals surface area (Å²) < 4.78 is 0. The van der Waals surface area contributed by atoms with Gasteiger partial charge in [0.25, 0.3) is 0 Å². The van der Waals surface area contributed by atoms with E-state index in [-0.39, 0.29) is 11.8 Å². The fourth-order valence-electron chi connectivity index (χ4n) is 2.70. The lowest BCUT2D eigenvalue weighted by Crippen LogP contribution is -2.47. The molecule has 2 aliphatic rings. The molecule has 1 heterocycles. The molecule has 3 rings (SSSR count). The Morgan fingerprint density at radius 1 is 1.21 bits per heavy atom. The first-order chi connectivity index (χ1) is 9.16. The van der Waals surface area contributed by atoms with Crippen LogP contribution in [-0.4, -0.2) is 37.0 Å². The number of piperazine rings is 1. The second-order valence-corrected chi connectivity index (χ2v) is 6.01. The average molecular weight is 299 g/mol. The molecule has 1 saturated carbocycles. The largest absolute Gasteiger partial charge is 0.340 e. The van der Waals surface area contributed by atoms with E-state index in [0.29, 0.717) is 16.0 Å². The zero-order chi connectivity index (χ0) is 13.4. The molecule has 2 fully saturated rings. The quantitative estimate of drug-likeness (QED) is 0.910. The van der Waals surface area contributed by atoms with Gasteiger partial charge < -0.3 is 10.2 Å². The number of benzene rings is 1. The van der Waals surface area contributed by atoms with Gasteiger partial charge in [0.05, 0.1) is 10.0 Å². The molecule has 2 unspecified atom stereocenters. The lowest BCUT2D eigenvalue weighted by atomic mass is 10.1. The summed E-state index contributed by atoms with van der Waals surface area (Å²) in [6.07, 6.45) is 0.931. The van der Waals surface area contributed by atoms with Gasteiger partial charge in [-0.3, -0.25) is 4.79 Å². The highest BCUT2D eigenvalue weighted by Crippen LogP contribution is 2.49. The average Bonchev–Trinajstić information content (AvgIpc) is 3.22. The number of nitrogens with one attached hydrogen (secondary N) is 1. The van der Waals surface area contributed by atoms with E-state index in [4.69, 9.17) is 23.2 Å². The second kappa shape index (κ2) is 5.31. The Morgan fingerprint density at radius 3 is 2.63 bits per heavy atom. The third-order valence-corrected chi connectivity index (χ3v) is 4.65. The van der Waals surface area contributed by atoms with Crippen LogP contribution in [0.5, 0.6) is 0 Å². The predicted molar refractivity (Wildman–Crippen MR) is 76.8 cm³/mol. The minimum atomic E-state index is 0.135. The van der Waals surface area contributed by atoms with Gasteiger partial charge in [-0.05, 0) is 30.0 Å². The Morgan fingerprint density at radius 2 is 1.95 bits per heavy atom. The van der Waals surface area contributed by atoms with Crippen molar-refractivity contribution in [3.63, 3.8) is 0 Å². The Balaban J connectivity index is 1.66. The minimum absolute atomic E-state index is 0.135. The molecule has 1 aromatic rings. The highest BCUT2D eigenvalue weighted by atomic mass is 35.5. The fourth-order valence-corrected chi connectivity index (χ4v) is 3.01. The second-order valence-electron chi connectivity index (χ2n) is 5.20. The molecule has 1 N–H and O–H groups in total. The maximum absolute atomic E-state index is 12.3. The Hall–Kier alpha value is -0.770. The van der Waals surface area contributed by atoms with Crippen molar-refractivity contribution in [2.24, 2.45) is 5.92 Å². The van der Waals surface area contributed by atoms with E-state index in [1.807, 2.05) is 23.1 Å². The first kappa shape index (κ1) is 13.2. The molecule has 2 atom stereocenters. The summed E-state index contributed by atoms with van der Waals surface area (Å²) in [4.78, 5) is 14.3. The van der Waals surface area contributed by atoms with Crippen molar-refractivity contribution >= 4 is 29.1 Å². The van der Waals surface area contributed by atoms with Gasteiger partial charge in [-0.2, -0.15) is 0 Å². The standard InChI is InChI=1S/C14H16Cl2N2O/c15-12-2-1-9(7-13(12)16)10-8-11(10)14(19)18-5-3-17-4-6-18/h1-2,7,10-11,17H,3-6,8H2. The summed E-state index contributed by atoms with van der Waals surface area (Å²) in [5.41, 5.74) is 1.13. The van der Waals surface area contributed by atoms with Gasteiger partial charge in [0.1, 0.15) is 0 Å². The van der Waals surface area contributed by atoms with E-state index < -0.39 is 0 Å². The molecule has 19 heavy (non-hydrogen) atoms. The number of carbonyl (C=O) groups is 1. The van der Waals surface area contributed by atoms with E-state index in [0.717, 1.165) is 38.2 Å². The summed E-state index contributed by atoms with van der Waals surface area (Å²) in [6, 6.07) is 5.67. The molecule has 0 bridgehead atoms. The molecule has 1 aromatic carbocycles. The van der Waals surface area contributed by atoms with E-state index in [1.165, 1.54) is 0 Å². The van der Waals surface area contributed by atoms with Gasteiger partial charge in [0.2, 0.25) is 5.91 Å². The van der Waals surface area contributed by atoms with Crippen molar-refractivity contribution in [1.82, 2.24) is 10.2 Å². The fraction of sp³-hybridized carbons (Fsp3) is 0.500. The van der Waals surface area contributed by atoms with E-state index in [1.54, 1.807) is 0 Å². The topological polar surface area (TPSA) is 32.3 Å². The molecule has 0 spiro atoms. The van der Waals surface area contributed by atoms with Crippen LogP contribution in [0.2, 0.25) is 10.0 Å². The van der Waals surface area contributed by atoms with Crippen LogP contribution in [-0.2, 0) is 4.79 Å². The van der Waals surface area contributed by atoms with Crippen LogP contribution in [0.15, 0.2) is 18.2 Å². The van der Waals surface area contributed by atoms with Crippen molar-refractivity contribution in [1.29, 1.82) is 0 Å². The Bertz CT molecular complexity index is 500. The number of hydrogen-bond acceptors (Lipinski definition) is 2. The summed E-state index contributed by atoms with van der Waals surface area (Å²) >= 11 is 11.9. The summed E-state index contributed by atoms with van der Waals surface area (Å²) in [5.74, 6) is 0.741. The SMILES string of the molecule is O=C(C1CC1c1ccc(Cl)c(Cl)c1)N1CCNCC1. The van der Waals surface area contributed by atoms with Crippen LogP contribution in [0.4, 0.5) is 0 Å². The molecule has 0 aromatic heterocycles. The minimum Gasteiger partial charge on any atom is -0.340 e. The molecule has 3 nitrogen and oxygen atoms in total. The number of carbonyl (C=O) groups excluding carboxylic acids is 1. The van der Waals surface area contributed by atoms with Crippen LogP contribution >= 0.6 is 23.2 Å². The van der Waals surface area contributed by atoms with Crippen molar-refractivity contribution in [3.8, 4) is 0 Å². The summed E-state index contributed by atoms with van der Waals surface area (Å²) in [5, 5.41) is 4.39. The first-order valence-corrected chi connectivity index (χ1v) is 7.37. The van der Waals surface area contributed by atoms with Gasteiger partial charge in [0.15, 0.2) is 0 Å². The first-order valence-electron chi connectivity index (χ1n) is 6.61. The van der Waals surface area contributed by atoms with E-state index in [2.05, 4.69) is 5.32 Å². The Kier molecular flexibility index (Phi) is 3.70. The van der Waals surface area contributed by atoms with Gasteiger partial charge >= 0.3 is 0 Å². The van der Waals surface area contributed by atoms with Crippen LogP contribution < -0.4 is 5.32 Å². The molecule has 0 radical (unpaired) electrons. The van der Waals surface area contributed by atoms with Crippen molar-refractivity contribution in [2.75, 3.05) is 26.2 Å². The van der Waals surface area contributed by atoms with Gasteiger partial charge in [-0.15, -0.1) is 0 Å². The maximum Gasteiger partial charge on any atom is 0.226 e. The Labute approximate surface area is 122 Å². The highest BCUT2D eigenvalue weighted by Gasteiger charge is 2.45. The van der Waals surface area contributed by atoms with E-state index in [9.17, 15) is 4.79 Å². The summed E-state index contributed by atoms with van der Waals surface area (Å²) in [6.45, 7) is 3.44. The predicted octanol–water partition coefficient (Wildman–Crippen LogP) is 2.53. The van der Waals surface area contributed by atoms with Gasteiger partial charge in [0, 0.05) is 32.1 Å². The van der Waals surface area contributed by atoms with Crippen LogP contribution in [0.3, 0.4) is 0 Å².